The fourth-order valence-electron chi connectivity index (χ4n) is 3.26. The summed E-state index contributed by atoms with van der Waals surface area (Å²) in [7, 11) is 1.62. The second kappa shape index (κ2) is 8.45. The number of aromatic nitrogens is 3. The molecule has 1 amide bonds. The summed E-state index contributed by atoms with van der Waals surface area (Å²) in [5.41, 5.74) is 2.23. The molecular formula is C22H22N4O2S. The summed E-state index contributed by atoms with van der Waals surface area (Å²) < 4.78 is 8.04. The number of para-hydroxylation sites is 1. The Morgan fingerprint density at radius 2 is 1.97 bits per heavy atom. The van der Waals surface area contributed by atoms with E-state index in [2.05, 4.69) is 15.5 Å². The first-order chi connectivity index (χ1) is 14.2. The predicted molar refractivity (Wildman–Crippen MR) is 115 cm³/mol. The van der Waals surface area contributed by atoms with E-state index in [1.54, 1.807) is 7.11 Å². The second-order valence-electron chi connectivity index (χ2n) is 6.89. The molecule has 0 aliphatic heterocycles. The largest absolute Gasteiger partial charge is 0.496 e. The SMILES string of the molecule is COc1ccccc1/C=C(/C(=O)NCc1n[nH]c(=S)n1C1CC1)c1ccccc1. The Hall–Kier alpha value is -3.19. The van der Waals surface area contributed by atoms with Crippen molar-refractivity contribution in [2.75, 3.05) is 7.11 Å². The Labute approximate surface area is 174 Å². The van der Waals surface area contributed by atoms with Crippen LogP contribution in [0.3, 0.4) is 0 Å². The number of benzene rings is 2. The van der Waals surface area contributed by atoms with E-state index < -0.39 is 0 Å². The first-order valence-electron chi connectivity index (χ1n) is 9.51. The average molecular weight is 407 g/mol. The Balaban J connectivity index is 1.62. The summed E-state index contributed by atoms with van der Waals surface area (Å²) in [6, 6.07) is 17.6. The molecule has 0 unspecified atom stereocenters. The van der Waals surface area contributed by atoms with Gasteiger partial charge in [-0.1, -0.05) is 48.5 Å². The zero-order chi connectivity index (χ0) is 20.2. The summed E-state index contributed by atoms with van der Waals surface area (Å²) in [6.07, 6.45) is 4.04. The molecule has 4 rings (SSSR count). The van der Waals surface area contributed by atoms with Crippen molar-refractivity contribution in [1.29, 1.82) is 0 Å². The molecule has 0 spiro atoms. The number of carbonyl (C=O) groups is 1. The summed E-state index contributed by atoms with van der Waals surface area (Å²) in [6.45, 7) is 0.304. The predicted octanol–water partition coefficient (Wildman–Crippen LogP) is 4.14. The third kappa shape index (κ3) is 4.30. The van der Waals surface area contributed by atoms with Crippen molar-refractivity contribution in [3.05, 3.63) is 76.3 Å². The van der Waals surface area contributed by atoms with Crippen molar-refractivity contribution >= 4 is 29.8 Å². The fourth-order valence-corrected chi connectivity index (χ4v) is 3.56. The second-order valence-corrected chi connectivity index (χ2v) is 7.28. The maximum atomic E-state index is 13.1. The quantitative estimate of drug-likeness (QED) is 0.351. The fraction of sp³-hybridized carbons (Fsp3) is 0.227. The molecule has 2 aromatic carbocycles. The third-order valence-electron chi connectivity index (χ3n) is 4.86. The summed E-state index contributed by atoms with van der Waals surface area (Å²) in [5, 5.41) is 10.1. The number of ether oxygens (including phenoxy) is 1. The van der Waals surface area contributed by atoms with Gasteiger partial charge in [-0.25, -0.2) is 0 Å². The van der Waals surface area contributed by atoms with Crippen LogP contribution >= 0.6 is 12.2 Å². The number of amides is 1. The van der Waals surface area contributed by atoms with E-state index in [9.17, 15) is 4.79 Å². The maximum absolute atomic E-state index is 13.1. The molecule has 1 aromatic heterocycles. The Morgan fingerprint density at radius 3 is 2.69 bits per heavy atom. The number of hydrogen-bond donors (Lipinski definition) is 2. The van der Waals surface area contributed by atoms with Crippen molar-refractivity contribution in [2.24, 2.45) is 0 Å². The highest BCUT2D eigenvalue weighted by Gasteiger charge is 2.27. The van der Waals surface area contributed by atoms with Gasteiger partial charge in [-0.2, -0.15) is 5.10 Å². The van der Waals surface area contributed by atoms with Crippen LogP contribution in [0.1, 0.15) is 35.8 Å². The van der Waals surface area contributed by atoms with Gasteiger partial charge in [0.25, 0.3) is 5.91 Å². The molecule has 1 fully saturated rings. The van der Waals surface area contributed by atoms with Crippen LogP contribution in [0.5, 0.6) is 5.75 Å². The molecule has 29 heavy (non-hydrogen) atoms. The number of aromatic amines is 1. The van der Waals surface area contributed by atoms with Crippen molar-refractivity contribution in [1.82, 2.24) is 20.1 Å². The van der Waals surface area contributed by atoms with Gasteiger partial charge in [0.1, 0.15) is 5.75 Å². The van der Waals surface area contributed by atoms with Gasteiger partial charge in [0.15, 0.2) is 10.6 Å². The summed E-state index contributed by atoms with van der Waals surface area (Å²) >= 11 is 5.32. The van der Waals surface area contributed by atoms with Crippen LogP contribution in [0, 0.1) is 4.77 Å². The molecule has 1 saturated carbocycles. The van der Waals surface area contributed by atoms with E-state index in [1.165, 1.54) is 0 Å². The van der Waals surface area contributed by atoms with E-state index >= 15 is 0 Å². The summed E-state index contributed by atoms with van der Waals surface area (Å²) in [5.74, 6) is 1.28. The van der Waals surface area contributed by atoms with Crippen molar-refractivity contribution in [3.8, 4) is 5.75 Å². The highest BCUT2D eigenvalue weighted by atomic mass is 32.1. The molecule has 7 heteroatoms. The Kier molecular flexibility index (Phi) is 5.57. The minimum absolute atomic E-state index is 0.182. The van der Waals surface area contributed by atoms with Gasteiger partial charge in [-0.05, 0) is 42.8 Å². The lowest BCUT2D eigenvalue weighted by Crippen LogP contribution is -2.25. The van der Waals surface area contributed by atoms with E-state index in [-0.39, 0.29) is 5.91 Å². The van der Waals surface area contributed by atoms with Crippen molar-refractivity contribution < 1.29 is 9.53 Å². The highest BCUT2D eigenvalue weighted by Crippen LogP contribution is 2.35. The van der Waals surface area contributed by atoms with Crippen molar-refractivity contribution in [2.45, 2.75) is 25.4 Å². The minimum atomic E-state index is -0.182. The molecule has 2 N–H and O–H groups in total. The molecule has 0 saturated heterocycles. The molecule has 0 atom stereocenters. The number of hydrogen-bond acceptors (Lipinski definition) is 4. The minimum Gasteiger partial charge on any atom is -0.496 e. The van der Waals surface area contributed by atoms with Gasteiger partial charge >= 0.3 is 0 Å². The molecule has 0 radical (unpaired) electrons. The van der Waals surface area contributed by atoms with E-state index in [4.69, 9.17) is 17.0 Å². The smallest absolute Gasteiger partial charge is 0.252 e. The molecule has 6 nitrogen and oxygen atoms in total. The number of H-pyrrole nitrogens is 1. The monoisotopic (exact) mass is 406 g/mol. The average Bonchev–Trinajstić information content (AvgIpc) is 3.53. The van der Waals surface area contributed by atoms with Gasteiger partial charge in [0.05, 0.1) is 13.7 Å². The van der Waals surface area contributed by atoms with Crippen LogP contribution in [0.25, 0.3) is 11.6 Å². The van der Waals surface area contributed by atoms with Gasteiger partial charge in [0.2, 0.25) is 0 Å². The number of nitrogens with zero attached hydrogens (tertiary/aromatic N) is 2. The molecule has 3 aromatic rings. The highest BCUT2D eigenvalue weighted by molar-refractivity contribution is 7.71. The molecule has 1 heterocycles. The van der Waals surface area contributed by atoms with Crippen LogP contribution in [0.15, 0.2) is 54.6 Å². The molecular weight excluding hydrogens is 384 g/mol. The van der Waals surface area contributed by atoms with Gasteiger partial charge in [0, 0.05) is 17.2 Å². The first-order valence-corrected chi connectivity index (χ1v) is 9.92. The molecule has 1 aliphatic rings. The van der Waals surface area contributed by atoms with Gasteiger partial charge in [-0.3, -0.25) is 14.5 Å². The van der Waals surface area contributed by atoms with Crippen LogP contribution < -0.4 is 10.1 Å². The number of nitrogens with one attached hydrogen (secondary N) is 2. The maximum Gasteiger partial charge on any atom is 0.252 e. The topological polar surface area (TPSA) is 71.9 Å². The zero-order valence-electron chi connectivity index (χ0n) is 16.1. The van der Waals surface area contributed by atoms with Crippen LogP contribution in [-0.2, 0) is 11.3 Å². The lowest BCUT2D eigenvalue weighted by Gasteiger charge is -2.11. The van der Waals surface area contributed by atoms with E-state index in [1.807, 2.05) is 65.2 Å². The number of rotatable bonds is 7. The zero-order valence-corrected chi connectivity index (χ0v) is 16.9. The molecule has 0 bridgehead atoms. The van der Waals surface area contributed by atoms with Gasteiger partial charge in [-0.15, -0.1) is 0 Å². The molecule has 1 aliphatic carbocycles. The first kappa shape index (κ1) is 19.1. The number of carbonyl (C=O) groups excluding carboxylic acids is 1. The Bertz CT molecular complexity index is 1100. The van der Waals surface area contributed by atoms with Crippen LogP contribution in [-0.4, -0.2) is 27.8 Å². The normalized spacial score (nSPS) is 13.9. The van der Waals surface area contributed by atoms with Gasteiger partial charge < -0.3 is 10.1 Å². The lowest BCUT2D eigenvalue weighted by atomic mass is 10.0. The Morgan fingerprint density at radius 1 is 1.24 bits per heavy atom. The standard InChI is InChI=1S/C22H22N4O2S/c1-28-19-10-6-5-9-16(19)13-18(15-7-3-2-4-8-15)21(27)23-14-20-24-25-22(29)26(20)17-11-12-17/h2-10,13,17H,11-12,14H2,1H3,(H,23,27)(H,25,29)/b18-13+. The lowest BCUT2D eigenvalue weighted by molar-refractivity contribution is -0.115. The van der Waals surface area contributed by atoms with Crippen LogP contribution in [0.2, 0.25) is 0 Å². The van der Waals surface area contributed by atoms with Crippen LogP contribution in [0.4, 0.5) is 0 Å². The molecule has 148 valence electrons. The third-order valence-corrected chi connectivity index (χ3v) is 5.15. The van der Waals surface area contributed by atoms with Crippen molar-refractivity contribution in [3.63, 3.8) is 0 Å². The van der Waals surface area contributed by atoms with E-state index in [0.717, 1.165) is 29.8 Å². The number of methoxy groups -OCH3 is 1. The summed E-state index contributed by atoms with van der Waals surface area (Å²) in [4.78, 5) is 13.1. The van der Waals surface area contributed by atoms with E-state index in [0.29, 0.717) is 28.7 Å².